The van der Waals surface area contributed by atoms with E-state index in [0.717, 1.165) is 5.57 Å². The Bertz CT molecular complexity index is 562. The van der Waals surface area contributed by atoms with E-state index in [2.05, 4.69) is 6.58 Å². The quantitative estimate of drug-likeness (QED) is 0.595. The molecule has 0 spiro atoms. The fourth-order valence-electron chi connectivity index (χ4n) is 1.59. The first-order chi connectivity index (χ1) is 9.92. The van der Waals surface area contributed by atoms with Crippen LogP contribution in [0.5, 0.6) is 17.2 Å². The van der Waals surface area contributed by atoms with Crippen molar-refractivity contribution in [3.8, 4) is 17.2 Å². The molecule has 4 heteroatoms. The van der Waals surface area contributed by atoms with Crippen LogP contribution < -0.4 is 4.74 Å². The summed E-state index contributed by atoms with van der Waals surface area (Å²) < 4.78 is 5.47. The fraction of sp³-hybridized carbons (Fsp3) is 0.235. The standard InChI is InChI=1S/C17H20O4/c1-4-14(6-5-12(2)13(3)18)7-8-21-17-10-15(19)9-16(20)11-17/h4-6,9-11,19-20H,2,7-8H2,1,3H3/b6-5-,14-4+. The Labute approximate surface area is 124 Å². The molecule has 112 valence electrons. The molecule has 0 fully saturated rings. The van der Waals surface area contributed by atoms with Crippen LogP contribution in [0.25, 0.3) is 0 Å². The zero-order valence-corrected chi connectivity index (χ0v) is 12.3. The summed E-state index contributed by atoms with van der Waals surface area (Å²) in [7, 11) is 0. The van der Waals surface area contributed by atoms with Crippen LogP contribution >= 0.6 is 0 Å². The van der Waals surface area contributed by atoms with E-state index in [1.165, 1.54) is 25.1 Å². The lowest BCUT2D eigenvalue weighted by Crippen LogP contribution is -1.98. The fourth-order valence-corrected chi connectivity index (χ4v) is 1.59. The molecule has 0 saturated carbocycles. The Balaban J connectivity index is 2.53. The van der Waals surface area contributed by atoms with Gasteiger partial charge in [0.25, 0.3) is 0 Å². The number of aromatic hydroxyl groups is 2. The summed E-state index contributed by atoms with van der Waals surface area (Å²) in [5, 5.41) is 18.7. The third kappa shape index (κ3) is 5.99. The van der Waals surface area contributed by atoms with Gasteiger partial charge in [-0.05, 0) is 19.4 Å². The molecule has 4 nitrogen and oxygen atoms in total. The van der Waals surface area contributed by atoms with Crippen LogP contribution in [0.2, 0.25) is 0 Å². The van der Waals surface area contributed by atoms with Crippen molar-refractivity contribution in [3.05, 3.63) is 54.2 Å². The minimum atomic E-state index is -0.0619. The second-order valence-electron chi connectivity index (χ2n) is 4.56. The number of phenolic OH excluding ortho intramolecular Hbond substituents is 2. The van der Waals surface area contributed by atoms with Crippen LogP contribution in [-0.2, 0) is 4.79 Å². The molecule has 1 aromatic carbocycles. The first kappa shape index (κ1) is 16.6. The summed E-state index contributed by atoms with van der Waals surface area (Å²) >= 11 is 0. The molecule has 1 rings (SSSR count). The molecule has 0 radical (unpaired) electrons. The van der Waals surface area contributed by atoms with Gasteiger partial charge in [-0.1, -0.05) is 24.8 Å². The SMILES string of the molecule is C=C(/C=C\C(=C/C)CCOc1cc(O)cc(O)c1)C(C)=O. The molecule has 0 aliphatic rings. The molecule has 0 aromatic heterocycles. The second-order valence-corrected chi connectivity index (χ2v) is 4.56. The molecular weight excluding hydrogens is 268 g/mol. The van der Waals surface area contributed by atoms with E-state index < -0.39 is 0 Å². The van der Waals surface area contributed by atoms with Crippen LogP contribution in [0, 0.1) is 0 Å². The number of phenols is 2. The van der Waals surface area contributed by atoms with Gasteiger partial charge in [-0.15, -0.1) is 0 Å². The van der Waals surface area contributed by atoms with Crippen molar-refractivity contribution in [3.63, 3.8) is 0 Å². The predicted molar refractivity (Wildman–Crippen MR) is 82.6 cm³/mol. The predicted octanol–water partition coefficient (Wildman–Crippen LogP) is 3.51. The van der Waals surface area contributed by atoms with E-state index in [1.807, 2.05) is 19.1 Å². The van der Waals surface area contributed by atoms with Crippen LogP contribution in [-0.4, -0.2) is 22.6 Å². The molecule has 0 saturated heterocycles. The highest BCUT2D eigenvalue weighted by Crippen LogP contribution is 2.25. The van der Waals surface area contributed by atoms with Gasteiger partial charge in [0.2, 0.25) is 0 Å². The molecule has 2 N–H and O–H groups in total. The molecule has 0 aliphatic carbocycles. The van der Waals surface area contributed by atoms with E-state index in [9.17, 15) is 15.0 Å². The Morgan fingerprint density at radius 1 is 1.24 bits per heavy atom. The van der Waals surface area contributed by atoms with Crippen molar-refractivity contribution in [2.24, 2.45) is 0 Å². The Morgan fingerprint density at radius 3 is 2.38 bits per heavy atom. The lowest BCUT2D eigenvalue weighted by atomic mass is 10.1. The largest absolute Gasteiger partial charge is 0.508 e. The monoisotopic (exact) mass is 288 g/mol. The highest BCUT2D eigenvalue weighted by Gasteiger charge is 2.01. The topological polar surface area (TPSA) is 66.8 Å². The number of ketones is 1. The van der Waals surface area contributed by atoms with Gasteiger partial charge >= 0.3 is 0 Å². The van der Waals surface area contributed by atoms with Gasteiger partial charge in [0, 0.05) is 30.2 Å². The van der Waals surface area contributed by atoms with Gasteiger partial charge in [0.15, 0.2) is 5.78 Å². The van der Waals surface area contributed by atoms with Crippen molar-refractivity contribution in [1.29, 1.82) is 0 Å². The lowest BCUT2D eigenvalue weighted by molar-refractivity contribution is -0.113. The summed E-state index contributed by atoms with van der Waals surface area (Å²) in [4.78, 5) is 11.1. The number of carbonyl (C=O) groups is 1. The van der Waals surface area contributed by atoms with Gasteiger partial charge in [0.05, 0.1) is 6.61 Å². The van der Waals surface area contributed by atoms with Gasteiger partial charge in [-0.25, -0.2) is 0 Å². The van der Waals surface area contributed by atoms with Crippen molar-refractivity contribution in [1.82, 2.24) is 0 Å². The first-order valence-corrected chi connectivity index (χ1v) is 6.61. The lowest BCUT2D eigenvalue weighted by Gasteiger charge is -2.07. The number of Topliss-reactive ketones (excluding diaryl/α,β-unsaturated/α-hetero) is 1. The smallest absolute Gasteiger partial charge is 0.159 e. The average Bonchev–Trinajstić information content (AvgIpc) is 2.40. The van der Waals surface area contributed by atoms with E-state index in [1.54, 1.807) is 6.08 Å². The Morgan fingerprint density at radius 2 is 1.86 bits per heavy atom. The maximum Gasteiger partial charge on any atom is 0.159 e. The molecule has 21 heavy (non-hydrogen) atoms. The van der Waals surface area contributed by atoms with Crippen molar-refractivity contribution in [2.45, 2.75) is 20.3 Å². The van der Waals surface area contributed by atoms with Gasteiger partial charge < -0.3 is 14.9 Å². The number of hydrogen-bond acceptors (Lipinski definition) is 4. The number of rotatable bonds is 7. The Hall–Kier alpha value is -2.49. The molecule has 0 amide bonds. The summed E-state index contributed by atoms with van der Waals surface area (Å²) in [5.41, 5.74) is 1.45. The van der Waals surface area contributed by atoms with Crippen LogP contribution in [0.3, 0.4) is 0 Å². The number of hydrogen-bond donors (Lipinski definition) is 2. The van der Waals surface area contributed by atoms with Gasteiger partial charge in [-0.3, -0.25) is 4.79 Å². The zero-order chi connectivity index (χ0) is 15.8. The van der Waals surface area contributed by atoms with E-state index in [-0.39, 0.29) is 17.3 Å². The number of benzene rings is 1. The molecular formula is C17H20O4. The van der Waals surface area contributed by atoms with Crippen molar-refractivity contribution < 1.29 is 19.7 Å². The summed E-state index contributed by atoms with van der Waals surface area (Å²) in [6.45, 7) is 7.42. The molecule has 0 bridgehead atoms. The maximum absolute atomic E-state index is 11.1. The Kier molecular flexibility index (Phi) is 6.27. The van der Waals surface area contributed by atoms with E-state index >= 15 is 0 Å². The van der Waals surface area contributed by atoms with Crippen LogP contribution in [0.15, 0.2) is 54.2 Å². The van der Waals surface area contributed by atoms with Crippen molar-refractivity contribution >= 4 is 5.78 Å². The van der Waals surface area contributed by atoms with Crippen LogP contribution in [0.4, 0.5) is 0 Å². The zero-order valence-electron chi connectivity index (χ0n) is 12.3. The normalized spacial score (nSPS) is 11.6. The summed E-state index contributed by atoms with van der Waals surface area (Å²) in [5.74, 6) is 0.246. The number of carbonyl (C=O) groups excluding carboxylic acids is 1. The third-order valence-electron chi connectivity index (χ3n) is 2.86. The second kappa shape index (κ2) is 7.94. The molecule has 1 aromatic rings. The summed E-state index contributed by atoms with van der Waals surface area (Å²) in [6, 6.07) is 4.10. The third-order valence-corrected chi connectivity index (χ3v) is 2.86. The van der Waals surface area contributed by atoms with Crippen molar-refractivity contribution in [2.75, 3.05) is 6.61 Å². The van der Waals surface area contributed by atoms with E-state index in [0.29, 0.717) is 24.4 Å². The van der Waals surface area contributed by atoms with Gasteiger partial charge in [0.1, 0.15) is 17.2 Å². The molecule has 0 unspecified atom stereocenters. The molecule has 0 aliphatic heterocycles. The molecule has 0 heterocycles. The minimum Gasteiger partial charge on any atom is -0.508 e. The first-order valence-electron chi connectivity index (χ1n) is 6.61. The van der Waals surface area contributed by atoms with E-state index in [4.69, 9.17) is 4.74 Å². The highest BCUT2D eigenvalue weighted by atomic mass is 16.5. The highest BCUT2D eigenvalue weighted by molar-refractivity contribution is 5.95. The maximum atomic E-state index is 11.1. The average molecular weight is 288 g/mol. The molecule has 0 atom stereocenters. The van der Waals surface area contributed by atoms with Gasteiger partial charge in [-0.2, -0.15) is 0 Å². The number of allylic oxidation sites excluding steroid dienone is 4. The number of ether oxygens (including phenoxy) is 1. The summed E-state index contributed by atoms with van der Waals surface area (Å²) in [6.07, 6.45) is 6.06. The van der Waals surface area contributed by atoms with Crippen LogP contribution in [0.1, 0.15) is 20.3 Å². The minimum absolute atomic E-state index is 0.0473.